The molecule has 0 bridgehead atoms. The minimum absolute atomic E-state index is 0.0774. The number of anilines is 1. The Morgan fingerprint density at radius 1 is 1.06 bits per heavy atom. The highest BCUT2D eigenvalue weighted by Crippen LogP contribution is 2.29. The Hall–Kier alpha value is -3.36. The van der Waals surface area contributed by atoms with Gasteiger partial charge in [0.1, 0.15) is 16.6 Å². The molecule has 2 aromatic carbocycles. The van der Waals surface area contributed by atoms with Gasteiger partial charge in [-0.05, 0) is 55.5 Å². The highest BCUT2D eigenvalue weighted by molar-refractivity contribution is 7.99. The highest BCUT2D eigenvalue weighted by Gasteiger charge is 2.16. The summed E-state index contributed by atoms with van der Waals surface area (Å²) < 4.78 is 42.3. The summed E-state index contributed by atoms with van der Waals surface area (Å²) >= 11 is 2.40. The van der Waals surface area contributed by atoms with Crippen LogP contribution in [-0.4, -0.2) is 51.3 Å². The van der Waals surface area contributed by atoms with Crippen molar-refractivity contribution in [2.75, 3.05) is 17.3 Å². The molecule has 0 spiro atoms. The highest BCUT2D eigenvalue weighted by atomic mass is 32.2. The van der Waals surface area contributed by atoms with Crippen molar-refractivity contribution in [2.24, 2.45) is 0 Å². The van der Waals surface area contributed by atoms with Crippen LogP contribution in [0.2, 0.25) is 0 Å². The summed E-state index contributed by atoms with van der Waals surface area (Å²) in [4.78, 5) is 12.5. The van der Waals surface area contributed by atoms with Crippen molar-refractivity contribution in [1.82, 2.24) is 25.0 Å². The molecule has 2 aromatic heterocycles. The molecular weight excluding hydrogens is 515 g/mol. The van der Waals surface area contributed by atoms with Crippen molar-refractivity contribution in [3.05, 3.63) is 54.3 Å². The molecule has 4 aromatic rings. The number of benzene rings is 2. The summed E-state index contributed by atoms with van der Waals surface area (Å²) in [7, 11) is -3.61. The van der Waals surface area contributed by atoms with E-state index in [0.717, 1.165) is 11.8 Å². The van der Waals surface area contributed by atoms with Gasteiger partial charge in [0.05, 0.1) is 12.0 Å². The second-order valence-electron chi connectivity index (χ2n) is 7.12. The zero-order valence-electron chi connectivity index (χ0n) is 18.5. The molecular formula is C21H19FN6O4S3. The predicted molar refractivity (Wildman–Crippen MR) is 131 cm³/mol. The Balaban J connectivity index is 1.36. The van der Waals surface area contributed by atoms with Crippen molar-refractivity contribution in [2.45, 2.75) is 18.6 Å². The molecule has 0 aliphatic carbocycles. The van der Waals surface area contributed by atoms with E-state index in [-0.39, 0.29) is 23.2 Å². The summed E-state index contributed by atoms with van der Waals surface area (Å²) in [5.41, 5.74) is 1.43. The molecule has 14 heteroatoms. The zero-order chi connectivity index (χ0) is 25.0. The molecule has 1 N–H and O–H groups in total. The van der Waals surface area contributed by atoms with E-state index in [1.165, 1.54) is 47.4 Å². The van der Waals surface area contributed by atoms with Gasteiger partial charge in [0, 0.05) is 17.7 Å². The minimum atomic E-state index is -3.61. The van der Waals surface area contributed by atoms with Crippen LogP contribution in [0.25, 0.3) is 22.0 Å². The molecule has 2 heterocycles. The molecule has 0 aliphatic heterocycles. The fourth-order valence-electron chi connectivity index (χ4n) is 3.00. The molecule has 1 amide bonds. The average Bonchev–Trinajstić information content (AvgIpc) is 3.44. The number of rotatable bonds is 9. The van der Waals surface area contributed by atoms with E-state index in [2.05, 4.69) is 25.7 Å². The van der Waals surface area contributed by atoms with Crippen LogP contribution in [0.3, 0.4) is 0 Å². The van der Waals surface area contributed by atoms with E-state index in [4.69, 9.17) is 4.18 Å². The van der Waals surface area contributed by atoms with E-state index in [9.17, 15) is 17.6 Å². The number of nitrogens with zero attached hydrogens (tertiary/aromatic N) is 5. The van der Waals surface area contributed by atoms with Crippen LogP contribution < -0.4 is 9.50 Å². The standard InChI is InChI=1S/C21H19FN6O4S3/c1-3-28-18(13-4-8-15(22)9-5-13)24-27-21(28)33-12-17(29)23-20-26-25-19(34-20)14-6-10-16(11-7-14)32-35(2,30)31/h4-11H,3,12H2,1-2H3,(H,23,26,29). The Labute approximate surface area is 208 Å². The van der Waals surface area contributed by atoms with Crippen LogP contribution in [0, 0.1) is 5.82 Å². The van der Waals surface area contributed by atoms with E-state index >= 15 is 0 Å². The Morgan fingerprint density at radius 2 is 1.74 bits per heavy atom. The number of thioether (sulfide) groups is 1. The maximum absolute atomic E-state index is 13.2. The number of aromatic nitrogens is 5. The van der Waals surface area contributed by atoms with Gasteiger partial charge in [0.15, 0.2) is 11.0 Å². The monoisotopic (exact) mass is 534 g/mol. The van der Waals surface area contributed by atoms with Gasteiger partial charge in [-0.2, -0.15) is 8.42 Å². The van der Waals surface area contributed by atoms with Gasteiger partial charge < -0.3 is 8.75 Å². The van der Waals surface area contributed by atoms with Crippen LogP contribution in [0.1, 0.15) is 6.92 Å². The third-order valence-electron chi connectivity index (χ3n) is 4.49. The Kier molecular flexibility index (Phi) is 7.42. The van der Waals surface area contributed by atoms with Crippen molar-refractivity contribution in [3.63, 3.8) is 0 Å². The SMILES string of the molecule is CCn1c(SCC(=O)Nc2nnc(-c3ccc(OS(C)(=O)=O)cc3)s2)nnc1-c1ccc(F)cc1. The topological polar surface area (TPSA) is 129 Å². The molecule has 0 fully saturated rings. The third-order valence-corrected chi connectivity index (χ3v) is 6.84. The zero-order valence-corrected chi connectivity index (χ0v) is 21.0. The van der Waals surface area contributed by atoms with Gasteiger partial charge in [-0.15, -0.1) is 20.4 Å². The van der Waals surface area contributed by atoms with Crippen LogP contribution in [0.4, 0.5) is 9.52 Å². The first kappa shape index (κ1) is 24.8. The molecule has 35 heavy (non-hydrogen) atoms. The van der Waals surface area contributed by atoms with Crippen LogP contribution in [-0.2, 0) is 21.5 Å². The van der Waals surface area contributed by atoms with Crippen molar-refractivity contribution >= 4 is 44.3 Å². The molecule has 0 saturated heterocycles. The third kappa shape index (κ3) is 6.41. The summed E-state index contributed by atoms with van der Waals surface area (Å²) in [6.45, 7) is 2.51. The molecule has 4 rings (SSSR count). The van der Waals surface area contributed by atoms with E-state index < -0.39 is 10.1 Å². The molecule has 0 unspecified atom stereocenters. The second-order valence-corrected chi connectivity index (χ2v) is 10.6. The first-order chi connectivity index (χ1) is 16.7. The number of hydrogen-bond acceptors (Lipinski definition) is 10. The number of amides is 1. The Morgan fingerprint density at radius 3 is 2.40 bits per heavy atom. The van der Waals surface area contributed by atoms with Crippen LogP contribution in [0.5, 0.6) is 5.75 Å². The molecule has 182 valence electrons. The Bertz CT molecular complexity index is 1440. The van der Waals surface area contributed by atoms with Gasteiger partial charge in [-0.1, -0.05) is 23.1 Å². The molecule has 10 nitrogen and oxygen atoms in total. The van der Waals surface area contributed by atoms with Crippen molar-refractivity contribution in [3.8, 4) is 27.7 Å². The largest absolute Gasteiger partial charge is 0.383 e. The first-order valence-corrected chi connectivity index (χ1v) is 13.8. The summed E-state index contributed by atoms with van der Waals surface area (Å²) in [6, 6.07) is 12.3. The van der Waals surface area contributed by atoms with Crippen molar-refractivity contribution < 1.29 is 21.8 Å². The van der Waals surface area contributed by atoms with Crippen molar-refractivity contribution in [1.29, 1.82) is 0 Å². The first-order valence-electron chi connectivity index (χ1n) is 10.2. The van der Waals surface area contributed by atoms with Crippen LogP contribution in [0.15, 0.2) is 53.7 Å². The minimum Gasteiger partial charge on any atom is -0.383 e. The van der Waals surface area contributed by atoms with Gasteiger partial charge in [-0.3, -0.25) is 10.1 Å². The lowest BCUT2D eigenvalue weighted by Gasteiger charge is -2.07. The molecule has 0 radical (unpaired) electrons. The van der Waals surface area contributed by atoms with Gasteiger partial charge in [0.2, 0.25) is 11.0 Å². The molecule has 0 saturated carbocycles. The number of carbonyl (C=O) groups is 1. The fraction of sp³-hybridized carbons (Fsp3) is 0.190. The summed E-state index contributed by atoms with van der Waals surface area (Å²) in [6.07, 6.45) is 0.968. The second kappa shape index (κ2) is 10.5. The maximum Gasteiger partial charge on any atom is 0.306 e. The fourth-order valence-corrected chi connectivity index (χ4v) is 5.03. The van der Waals surface area contributed by atoms with Gasteiger partial charge in [-0.25, -0.2) is 4.39 Å². The maximum atomic E-state index is 13.2. The smallest absolute Gasteiger partial charge is 0.306 e. The van der Waals surface area contributed by atoms with E-state index in [1.807, 2.05) is 11.5 Å². The quantitative estimate of drug-likeness (QED) is 0.252. The lowest BCUT2D eigenvalue weighted by molar-refractivity contribution is -0.113. The lowest BCUT2D eigenvalue weighted by atomic mass is 10.2. The summed E-state index contributed by atoms with van der Waals surface area (Å²) in [5.74, 6) is 0.239. The number of halogens is 1. The molecule has 0 aliphatic rings. The van der Waals surface area contributed by atoms with Gasteiger partial charge >= 0.3 is 10.1 Å². The predicted octanol–water partition coefficient (Wildman–Crippen LogP) is 3.69. The number of nitrogens with one attached hydrogen (secondary N) is 1. The van der Waals surface area contributed by atoms with Crippen LogP contribution >= 0.6 is 23.1 Å². The molecule has 0 atom stereocenters. The number of hydrogen-bond donors (Lipinski definition) is 1. The van der Waals surface area contributed by atoms with Gasteiger partial charge in [0.25, 0.3) is 0 Å². The summed E-state index contributed by atoms with van der Waals surface area (Å²) in [5, 5.41) is 20.6. The van der Waals surface area contributed by atoms with E-state index in [1.54, 1.807) is 24.3 Å². The number of carbonyl (C=O) groups excluding carboxylic acids is 1. The average molecular weight is 535 g/mol. The lowest BCUT2D eigenvalue weighted by Crippen LogP contribution is -2.14. The normalized spacial score (nSPS) is 11.4. The van der Waals surface area contributed by atoms with E-state index in [0.29, 0.717) is 33.2 Å².